The first-order valence-corrected chi connectivity index (χ1v) is 16.8. The lowest BCUT2D eigenvalue weighted by Crippen LogP contribution is -2.57. The Balaban J connectivity index is 1.32. The molecule has 254 valence electrons. The minimum Gasteiger partial charge on any atom is -0.473 e. The number of nitrogens with zero attached hydrogens (tertiary/aromatic N) is 3. The van der Waals surface area contributed by atoms with Crippen molar-refractivity contribution in [3.63, 3.8) is 0 Å². The third-order valence-electron chi connectivity index (χ3n) is 9.17. The van der Waals surface area contributed by atoms with Gasteiger partial charge < -0.3 is 24.2 Å². The van der Waals surface area contributed by atoms with E-state index in [1.54, 1.807) is 4.90 Å². The van der Waals surface area contributed by atoms with Crippen LogP contribution in [0.1, 0.15) is 63.3 Å². The van der Waals surface area contributed by atoms with E-state index >= 15 is 0 Å². The number of fused-ring (bicyclic) bond motifs is 1. The summed E-state index contributed by atoms with van der Waals surface area (Å²) in [4.78, 5) is 24.2. The van der Waals surface area contributed by atoms with E-state index in [0.29, 0.717) is 44.5 Å². The highest BCUT2D eigenvalue weighted by molar-refractivity contribution is 5.86. The number of aliphatic hydroxyl groups is 1. The lowest BCUT2D eigenvalue weighted by atomic mass is 9.65. The molecule has 1 unspecified atom stereocenters. The fraction of sp³-hybridized carbons (Fsp3) is 0.341. The second kappa shape index (κ2) is 13.5. The van der Waals surface area contributed by atoms with Crippen molar-refractivity contribution >= 4 is 17.0 Å². The van der Waals surface area contributed by atoms with E-state index in [4.69, 9.17) is 24.2 Å². The van der Waals surface area contributed by atoms with Crippen LogP contribution in [0.15, 0.2) is 97.2 Å². The molecule has 0 saturated carbocycles. The van der Waals surface area contributed by atoms with E-state index in [2.05, 4.69) is 6.07 Å². The predicted octanol–water partition coefficient (Wildman–Crippen LogP) is 8.62. The van der Waals surface area contributed by atoms with Crippen molar-refractivity contribution in [3.05, 3.63) is 119 Å². The summed E-state index contributed by atoms with van der Waals surface area (Å²) in [5, 5.41) is 13.3. The summed E-state index contributed by atoms with van der Waals surface area (Å²) in [5.41, 5.74) is 3.86. The molecular weight excluding hydrogens is 614 g/mol. The van der Waals surface area contributed by atoms with Gasteiger partial charge in [-0.1, -0.05) is 74.5 Å². The average molecular weight is 660 g/mol. The minimum absolute atomic E-state index is 0.343. The van der Waals surface area contributed by atoms with Crippen LogP contribution in [0.2, 0.25) is 0 Å². The summed E-state index contributed by atoms with van der Waals surface area (Å²) in [6.07, 6.45) is 1.85. The van der Waals surface area contributed by atoms with Crippen LogP contribution in [0.5, 0.6) is 11.8 Å². The number of carbonyl (C=O) groups excluding carboxylic acids is 1. The summed E-state index contributed by atoms with van der Waals surface area (Å²) in [7, 11) is 0. The average Bonchev–Trinajstić information content (AvgIpc) is 3.07. The number of ether oxygens (including phenoxy) is 3. The zero-order chi connectivity index (χ0) is 34.8. The normalized spacial score (nSPS) is 17.5. The molecule has 0 spiro atoms. The van der Waals surface area contributed by atoms with E-state index in [-0.39, 0.29) is 6.09 Å². The van der Waals surface area contributed by atoms with E-state index in [9.17, 15) is 9.90 Å². The predicted molar refractivity (Wildman–Crippen MR) is 191 cm³/mol. The van der Waals surface area contributed by atoms with Gasteiger partial charge in [0.15, 0.2) is 0 Å². The number of hydrogen-bond acceptors (Lipinski definition) is 7. The molecule has 5 aromatic rings. The van der Waals surface area contributed by atoms with Gasteiger partial charge >= 0.3 is 6.09 Å². The van der Waals surface area contributed by atoms with Crippen LogP contribution in [0.3, 0.4) is 0 Å². The number of carbonyl (C=O) groups is 1. The third kappa shape index (κ3) is 7.55. The van der Waals surface area contributed by atoms with Crippen LogP contribution in [0.4, 0.5) is 4.79 Å². The zero-order valence-corrected chi connectivity index (χ0v) is 29.2. The third-order valence-corrected chi connectivity index (χ3v) is 9.17. The quantitative estimate of drug-likeness (QED) is 0.178. The molecule has 1 aliphatic heterocycles. The number of amides is 1. The number of pyridine rings is 2. The summed E-state index contributed by atoms with van der Waals surface area (Å²) in [5.74, 6) is 0.904. The van der Waals surface area contributed by atoms with Crippen molar-refractivity contribution < 1.29 is 24.1 Å². The van der Waals surface area contributed by atoms with Crippen molar-refractivity contribution in [1.82, 2.24) is 14.9 Å². The molecule has 3 aromatic carbocycles. The molecule has 0 radical (unpaired) electrons. The van der Waals surface area contributed by atoms with Gasteiger partial charge in [-0.2, -0.15) is 4.98 Å². The fourth-order valence-corrected chi connectivity index (χ4v) is 6.47. The van der Waals surface area contributed by atoms with E-state index in [1.165, 1.54) is 0 Å². The standard InChI is InChI=1S/C41H45N3O5/c1-28-21-35-31(23-34(28)41(46)19-20-44(27-40(41,5)6)38(45)49-39(2,3)4)22-32(24-42-35)33-17-18-36(47-25-29-13-9-7-10-14-29)43-37(33)48-26-30-15-11-8-12-16-30/h7-18,21-24,46H,19-20,25-27H2,1-6H3. The van der Waals surface area contributed by atoms with Crippen molar-refractivity contribution in [2.75, 3.05) is 13.1 Å². The summed E-state index contributed by atoms with van der Waals surface area (Å²) in [6, 6.07) is 29.9. The number of hydrogen-bond donors (Lipinski definition) is 1. The van der Waals surface area contributed by atoms with Crippen molar-refractivity contribution in [1.29, 1.82) is 0 Å². The topological polar surface area (TPSA) is 94.0 Å². The molecule has 2 aromatic heterocycles. The molecule has 6 rings (SSSR count). The molecule has 8 nitrogen and oxygen atoms in total. The van der Waals surface area contributed by atoms with Crippen LogP contribution in [0.25, 0.3) is 22.0 Å². The highest BCUT2D eigenvalue weighted by Gasteiger charge is 2.51. The van der Waals surface area contributed by atoms with Crippen molar-refractivity contribution in [2.24, 2.45) is 5.41 Å². The number of benzene rings is 3. The Morgan fingerprint density at radius 2 is 1.55 bits per heavy atom. The summed E-state index contributed by atoms with van der Waals surface area (Å²) in [6.45, 7) is 13.1. The van der Waals surface area contributed by atoms with Gasteiger partial charge in [-0.25, -0.2) is 4.79 Å². The molecule has 1 amide bonds. The Morgan fingerprint density at radius 3 is 2.18 bits per heavy atom. The van der Waals surface area contributed by atoms with Gasteiger partial charge in [0.25, 0.3) is 0 Å². The van der Waals surface area contributed by atoms with E-state index in [0.717, 1.165) is 44.3 Å². The number of likely N-dealkylation sites (tertiary alicyclic amines) is 1. The van der Waals surface area contributed by atoms with Gasteiger partial charge in [0.05, 0.1) is 11.1 Å². The highest BCUT2D eigenvalue weighted by Crippen LogP contribution is 2.48. The lowest BCUT2D eigenvalue weighted by molar-refractivity contribution is -0.123. The molecule has 49 heavy (non-hydrogen) atoms. The number of aromatic nitrogens is 2. The second-order valence-electron chi connectivity index (χ2n) is 14.5. The lowest BCUT2D eigenvalue weighted by Gasteiger charge is -2.51. The Morgan fingerprint density at radius 1 is 0.898 bits per heavy atom. The monoisotopic (exact) mass is 659 g/mol. The number of piperidine rings is 1. The first kappa shape index (κ1) is 33.9. The maximum absolute atomic E-state index is 12.9. The molecule has 8 heteroatoms. The van der Waals surface area contributed by atoms with E-state index in [1.807, 2.05) is 133 Å². The summed E-state index contributed by atoms with van der Waals surface area (Å²) >= 11 is 0. The fourth-order valence-electron chi connectivity index (χ4n) is 6.47. The molecule has 0 aliphatic carbocycles. The first-order chi connectivity index (χ1) is 23.3. The SMILES string of the molecule is Cc1cc2ncc(-c3ccc(OCc4ccccc4)nc3OCc3ccccc3)cc2cc1C1(O)CCN(C(=O)OC(C)(C)C)CC1(C)C. The van der Waals surface area contributed by atoms with Gasteiger partial charge in [0, 0.05) is 47.3 Å². The first-order valence-electron chi connectivity index (χ1n) is 16.8. The Bertz CT molecular complexity index is 1940. The highest BCUT2D eigenvalue weighted by atomic mass is 16.6. The van der Waals surface area contributed by atoms with Gasteiger partial charge in [-0.3, -0.25) is 4.98 Å². The van der Waals surface area contributed by atoms with Gasteiger partial charge in [0.1, 0.15) is 18.8 Å². The molecule has 1 fully saturated rings. The van der Waals surface area contributed by atoms with Gasteiger partial charge in [-0.15, -0.1) is 0 Å². The summed E-state index contributed by atoms with van der Waals surface area (Å²) < 4.78 is 18.0. The van der Waals surface area contributed by atoms with Gasteiger partial charge in [0.2, 0.25) is 11.8 Å². The Hall–Kier alpha value is -4.95. The molecule has 1 atom stereocenters. The Labute approximate surface area is 288 Å². The van der Waals surface area contributed by atoms with Crippen molar-refractivity contribution in [3.8, 4) is 22.9 Å². The second-order valence-corrected chi connectivity index (χ2v) is 14.5. The maximum atomic E-state index is 12.9. The Kier molecular flexibility index (Phi) is 9.36. The van der Waals surface area contributed by atoms with Crippen LogP contribution < -0.4 is 9.47 Å². The van der Waals surface area contributed by atoms with Crippen LogP contribution >= 0.6 is 0 Å². The maximum Gasteiger partial charge on any atom is 0.410 e. The smallest absolute Gasteiger partial charge is 0.410 e. The number of aryl methyl sites for hydroxylation is 1. The molecule has 3 heterocycles. The van der Waals surface area contributed by atoms with Crippen LogP contribution in [0, 0.1) is 12.3 Å². The van der Waals surface area contributed by atoms with E-state index < -0.39 is 16.6 Å². The molecule has 1 aliphatic rings. The molecular formula is C41H45N3O5. The minimum atomic E-state index is -1.18. The molecule has 1 N–H and O–H groups in total. The number of rotatable bonds is 8. The van der Waals surface area contributed by atoms with Crippen molar-refractivity contribution in [2.45, 2.75) is 72.4 Å². The molecule has 0 bridgehead atoms. The van der Waals surface area contributed by atoms with Gasteiger partial charge in [-0.05, 0) is 80.6 Å². The van der Waals surface area contributed by atoms with Crippen LogP contribution in [-0.2, 0) is 23.6 Å². The largest absolute Gasteiger partial charge is 0.473 e. The van der Waals surface area contributed by atoms with Crippen LogP contribution in [-0.4, -0.2) is 44.8 Å². The zero-order valence-electron chi connectivity index (χ0n) is 29.2. The molecule has 1 saturated heterocycles.